The van der Waals surface area contributed by atoms with Crippen molar-refractivity contribution in [3.05, 3.63) is 53.6 Å². The Labute approximate surface area is 152 Å². The van der Waals surface area contributed by atoms with Gasteiger partial charge in [0.15, 0.2) is 0 Å². The third-order valence-corrected chi connectivity index (χ3v) is 6.25. The molecule has 138 valence electrons. The van der Waals surface area contributed by atoms with Crippen molar-refractivity contribution in [3.8, 4) is 11.5 Å². The predicted octanol–water partition coefficient (Wildman–Crippen LogP) is 1.55. The maximum atomic E-state index is 12.7. The molecule has 1 fully saturated rings. The van der Waals surface area contributed by atoms with Crippen molar-refractivity contribution in [2.24, 2.45) is 0 Å². The number of aromatic hydroxyl groups is 2. The maximum Gasteiger partial charge on any atom is 0.254 e. The predicted molar refractivity (Wildman–Crippen MR) is 95.6 cm³/mol. The van der Waals surface area contributed by atoms with Crippen LogP contribution in [0.3, 0.4) is 0 Å². The average Bonchev–Trinajstić information content (AvgIpc) is 2.61. The third-order valence-electron chi connectivity index (χ3n) is 4.33. The summed E-state index contributed by atoms with van der Waals surface area (Å²) in [6.07, 6.45) is 0. The van der Waals surface area contributed by atoms with Crippen molar-refractivity contribution in [2.75, 3.05) is 26.2 Å². The summed E-state index contributed by atoms with van der Waals surface area (Å²) in [7, 11) is -3.59. The molecule has 7 nitrogen and oxygen atoms in total. The molecule has 8 heteroatoms. The normalized spacial score (nSPS) is 15.8. The third kappa shape index (κ3) is 3.66. The van der Waals surface area contributed by atoms with Crippen molar-refractivity contribution >= 4 is 15.9 Å². The number of phenols is 2. The molecule has 1 aliphatic rings. The number of sulfonamides is 1. The molecule has 0 aliphatic carbocycles. The Morgan fingerprint density at radius 1 is 0.923 bits per heavy atom. The molecule has 1 aliphatic heterocycles. The van der Waals surface area contributed by atoms with Crippen molar-refractivity contribution in [3.63, 3.8) is 0 Å². The number of amides is 1. The molecule has 0 radical (unpaired) electrons. The Hall–Kier alpha value is -2.58. The van der Waals surface area contributed by atoms with Gasteiger partial charge in [-0.15, -0.1) is 0 Å². The number of benzene rings is 2. The molecule has 0 aromatic heterocycles. The quantitative estimate of drug-likeness (QED) is 0.847. The molecule has 2 aromatic carbocycles. The molecule has 0 unspecified atom stereocenters. The number of rotatable bonds is 3. The second kappa shape index (κ2) is 6.97. The molecule has 3 rings (SSSR count). The first-order chi connectivity index (χ1) is 12.3. The van der Waals surface area contributed by atoms with E-state index in [1.807, 2.05) is 6.92 Å². The maximum absolute atomic E-state index is 12.7. The van der Waals surface area contributed by atoms with Crippen molar-refractivity contribution in [1.82, 2.24) is 9.21 Å². The number of piperazine rings is 1. The van der Waals surface area contributed by atoms with Gasteiger partial charge in [0.05, 0.1) is 4.90 Å². The summed E-state index contributed by atoms with van der Waals surface area (Å²) in [6.45, 7) is 2.74. The molecule has 1 heterocycles. The molecule has 2 N–H and O–H groups in total. The van der Waals surface area contributed by atoms with Gasteiger partial charge in [-0.25, -0.2) is 8.42 Å². The van der Waals surface area contributed by atoms with Crippen molar-refractivity contribution in [1.29, 1.82) is 0 Å². The number of phenolic OH excluding ortho intramolecular Hbond substituents is 2. The van der Waals surface area contributed by atoms with Crippen LogP contribution in [0.25, 0.3) is 0 Å². The van der Waals surface area contributed by atoms with Crippen LogP contribution in [0.2, 0.25) is 0 Å². The Bertz CT molecular complexity index is 897. The highest BCUT2D eigenvalue weighted by atomic mass is 32.2. The van der Waals surface area contributed by atoms with E-state index in [9.17, 15) is 23.4 Å². The number of carbonyl (C=O) groups is 1. The Balaban J connectivity index is 1.70. The van der Waals surface area contributed by atoms with E-state index in [0.29, 0.717) is 0 Å². The number of hydrogen-bond acceptors (Lipinski definition) is 5. The van der Waals surface area contributed by atoms with Gasteiger partial charge in [-0.2, -0.15) is 4.31 Å². The summed E-state index contributed by atoms with van der Waals surface area (Å²) in [5.41, 5.74) is 1.14. The van der Waals surface area contributed by atoms with Gasteiger partial charge in [0, 0.05) is 37.8 Å². The molecular weight excluding hydrogens is 356 g/mol. The Kier molecular flexibility index (Phi) is 4.88. The first-order valence-electron chi connectivity index (χ1n) is 8.16. The fourth-order valence-corrected chi connectivity index (χ4v) is 4.31. The highest BCUT2D eigenvalue weighted by Gasteiger charge is 2.30. The molecule has 2 aromatic rings. The summed E-state index contributed by atoms with van der Waals surface area (Å²) >= 11 is 0. The lowest BCUT2D eigenvalue weighted by atomic mass is 10.1. The first kappa shape index (κ1) is 18.2. The minimum atomic E-state index is -3.59. The van der Waals surface area contributed by atoms with Crippen LogP contribution in [0.4, 0.5) is 0 Å². The second-order valence-electron chi connectivity index (χ2n) is 6.25. The minimum absolute atomic E-state index is 0.164. The zero-order chi connectivity index (χ0) is 18.9. The van der Waals surface area contributed by atoms with Crippen LogP contribution in [-0.2, 0) is 10.0 Å². The highest BCUT2D eigenvalue weighted by Crippen LogP contribution is 2.23. The monoisotopic (exact) mass is 376 g/mol. The van der Waals surface area contributed by atoms with Gasteiger partial charge in [0.1, 0.15) is 11.5 Å². The lowest BCUT2D eigenvalue weighted by Gasteiger charge is -2.34. The number of nitrogens with zero attached hydrogens (tertiary/aromatic N) is 2. The summed E-state index contributed by atoms with van der Waals surface area (Å²) < 4.78 is 26.7. The zero-order valence-corrected chi connectivity index (χ0v) is 15.1. The van der Waals surface area contributed by atoms with Gasteiger partial charge >= 0.3 is 0 Å². The van der Waals surface area contributed by atoms with Crippen LogP contribution in [0.1, 0.15) is 15.9 Å². The van der Waals surface area contributed by atoms with Crippen LogP contribution in [0, 0.1) is 6.92 Å². The fourth-order valence-electron chi connectivity index (χ4n) is 2.89. The van der Waals surface area contributed by atoms with Gasteiger partial charge in [-0.05, 0) is 31.2 Å². The lowest BCUT2D eigenvalue weighted by Crippen LogP contribution is -2.50. The number of carbonyl (C=O) groups excluding carboxylic acids is 1. The van der Waals surface area contributed by atoms with E-state index in [1.165, 1.54) is 21.3 Å². The van der Waals surface area contributed by atoms with Crippen LogP contribution >= 0.6 is 0 Å². The molecule has 26 heavy (non-hydrogen) atoms. The molecule has 1 amide bonds. The zero-order valence-electron chi connectivity index (χ0n) is 14.3. The fraction of sp³-hybridized carbons (Fsp3) is 0.278. The largest absolute Gasteiger partial charge is 0.508 e. The second-order valence-corrected chi connectivity index (χ2v) is 8.19. The summed E-state index contributed by atoms with van der Waals surface area (Å²) in [5, 5.41) is 19.0. The van der Waals surface area contributed by atoms with E-state index in [-0.39, 0.29) is 54.0 Å². The molecule has 0 bridgehead atoms. The molecule has 0 atom stereocenters. The number of hydrogen-bond donors (Lipinski definition) is 2. The van der Waals surface area contributed by atoms with Crippen LogP contribution < -0.4 is 0 Å². The van der Waals surface area contributed by atoms with E-state index in [0.717, 1.165) is 11.6 Å². The highest BCUT2D eigenvalue weighted by molar-refractivity contribution is 7.89. The SMILES string of the molecule is Cc1ccc(S(=O)(=O)N2CCN(C(=O)c3cc(O)cc(O)c3)CC2)cc1. The first-order valence-corrected chi connectivity index (χ1v) is 9.60. The van der Waals surface area contributed by atoms with Crippen LogP contribution in [0.15, 0.2) is 47.4 Å². The Morgan fingerprint density at radius 2 is 1.46 bits per heavy atom. The molecular formula is C18H20N2O5S. The standard InChI is InChI=1S/C18H20N2O5S/c1-13-2-4-17(5-3-13)26(24,25)20-8-6-19(7-9-20)18(23)14-10-15(21)12-16(22)11-14/h2-5,10-12,21-22H,6-9H2,1H3. The minimum Gasteiger partial charge on any atom is -0.508 e. The smallest absolute Gasteiger partial charge is 0.254 e. The number of aryl methyl sites for hydroxylation is 1. The van der Waals surface area contributed by atoms with Crippen LogP contribution in [-0.4, -0.2) is 59.9 Å². The van der Waals surface area contributed by atoms with E-state index in [4.69, 9.17) is 0 Å². The van der Waals surface area contributed by atoms with Gasteiger partial charge in [-0.1, -0.05) is 17.7 Å². The summed E-state index contributed by atoms with van der Waals surface area (Å²) in [6, 6.07) is 10.4. The Morgan fingerprint density at radius 3 is 2.00 bits per heavy atom. The van der Waals surface area contributed by atoms with Crippen molar-refractivity contribution < 1.29 is 23.4 Å². The van der Waals surface area contributed by atoms with Gasteiger partial charge in [0.25, 0.3) is 5.91 Å². The topological polar surface area (TPSA) is 98.2 Å². The average molecular weight is 376 g/mol. The van der Waals surface area contributed by atoms with Crippen LogP contribution in [0.5, 0.6) is 11.5 Å². The van der Waals surface area contributed by atoms with E-state index in [2.05, 4.69) is 0 Å². The summed E-state index contributed by atoms with van der Waals surface area (Å²) in [5.74, 6) is -0.758. The van der Waals surface area contributed by atoms with Crippen molar-refractivity contribution in [2.45, 2.75) is 11.8 Å². The summed E-state index contributed by atoms with van der Waals surface area (Å²) in [4.78, 5) is 14.2. The van der Waals surface area contributed by atoms with Gasteiger partial charge in [-0.3, -0.25) is 4.79 Å². The molecule has 0 spiro atoms. The molecule has 0 saturated carbocycles. The lowest BCUT2D eigenvalue weighted by molar-refractivity contribution is 0.0697. The van der Waals surface area contributed by atoms with Gasteiger partial charge in [0.2, 0.25) is 10.0 Å². The molecule has 1 saturated heterocycles. The van der Waals surface area contributed by atoms with E-state index >= 15 is 0 Å². The van der Waals surface area contributed by atoms with Gasteiger partial charge < -0.3 is 15.1 Å². The van der Waals surface area contributed by atoms with E-state index < -0.39 is 10.0 Å². The van der Waals surface area contributed by atoms with E-state index in [1.54, 1.807) is 24.3 Å².